The van der Waals surface area contributed by atoms with Crippen molar-refractivity contribution in [2.24, 2.45) is 0 Å². The van der Waals surface area contributed by atoms with E-state index in [1.54, 1.807) is 0 Å². The Morgan fingerprint density at radius 2 is 0.333 bits per heavy atom. The molecule has 0 aliphatic rings. The van der Waals surface area contributed by atoms with Gasteiger partial charge in [-0.15, -0.1) is 0 Å². The normalized spacial score (nSPS) is 0. The molecule has 0 aromatic heterocycles. The standard InChI is InChI=1S/Mn.5Ni. The van der Waals surface area contributed by atoms with Gasteiger partial charge >= 0.3 is 0 Å². The molecule has 0 N–H and O–H groups in total. The molecule has 6 heavy (non-hydrogen) atoms. The van der Waals surface area contributed by atoms with E-state index >= 15 is 0 Å². The first-order valence-corrected chi connectivity index (χ1v) is 0. The molecule has 0 aromatic rings. The van der Waals surface area contributed by atoms with Crippen LogP contribution in [0.3, 0.4) is 0 Å². The molecule has 1 radical (unpaired) electrons. The van der Waals surface area contributed by atoms with Gasteiger partial charge in [-0.1, -0.05) is 0 Å². The summed E-state index contributed by atoms with van der Waals surface area (Å²) in [5, 5.41) is 0. The zero-order valence-corrected chi connectivity index (χ0v) is 8.08. The average molecular weight is 348 g/mol. The second-order valence-corrected chi connectivity index (χ2v) is 0. The van der Waals surface area contributed by atoms with Gasteiger partial charge in [0.1, 0.15) is 0 Å². The molecule has 0 spiro atoms. The second-order valence-electron chi connectivity index (χ2n) is 0. The molecule has 57 valence electrons. The third-order valence-electron chi connectivity index (χ3n) is 0. The maximum Gasteiger partial charge on any atom is 0 e. The van der Waals surface area contributed by atoms with Crippen LogP contribution in [0.4, 0.5) is 0 Å². The molecule has 0 aliphatic heterocycles. The molecule has 0 nitrogen and oxygen atoms in total. The molecule has 0 heterocycles. The van der Waals surface area contributed by atoms with Crippen LogP contribution in [0.25, 0.3) is 0 Å². The van der Waals surface area contributed by atoms with Gasteiger partial charge in [-0.2, -0.15) is 0 Å². The van der Waals surface area contributed by atoms with Crippen molar-refractivity contribution >= 4 is 0 Å². The summed E-state index contributed by atoms with van der Waals surface area (Å²) in [7, 11) is 0. The fraction of sp³-hybridized carbons (Fsp3) is 0. The molecular formula is MnNi5. The van der Waals surface area contributed by atoms with Crippen LogP contribution in [0.1, 0.15) is 0 Å². The maximum atomic E-state index is 0. The van der Waals surface area contributed by atoms with E-state index < -0.39 is 0 Å². The first kappa shape index (κ1) is 64.3. The molecule has 0 aliphatic carbocycles. The van der Waals surface area contributed by atoms with E-state index in [0.717, 1.165) is 0 Å². The predicted molar refractivity (Wildman–Crippen MR) is 0 cm³/mol. The van der Waals surface area contributed by atoms with Crippen LogP contribution in [0, 0.1) is 0 Å². The number of hydrogen-bond donors (Lipinski definition) is 0. The van der Waals surface area contributed by atoms with E-state index in [4.69, 9.17) is 0 Å². The van der Waals surface area contributed by atoms with E-state index in [9.17, 15) is 0 Å². The van der Waals surface area contributed by atoms with Crippen LogP contribution in [0.15, 0.2) is 0 Å². The van der Waals surface area contributed by atoms with Crippen molar-refractivity contribution in [3.8, 4) is 0 Å². The summed E-state index contributed by atoms with van der Waals surface area (Å²) in [6, 6.07) is 0. The summed E-state index contributed by atoms with van der Waals surface area (Å²) in [5.74, 6) is 0. The molecule has 6 heteroatoms. The molecule has 0 amide bonds. The van der Waals surface area contributed by atoms with Crippen LogP contribution < -0.4 is 0 Å². The minimum absolute atomic E-state index is 0. The molecular weight excluding hydrogens is 348 g/mol. The minimum atomic E-state index is 0. The summed E-state index contributed by atoms with van der Waals surface area (Å²) in [4.78, 5) is 0. The van der Waals surface area contributed by atoms with Gasteiger partial charge in [0.15, 0.2) is 0 Å². The number of rotatable bonds is 0. The van der Waals surface area contributed by atoms with Crippen molar-refractivity contribution in [1.82, 2.24) is 0 Å². The Morgan fingerprint density at radius 1 is 0.333 bits per heavy atom. The van der Waals surface area contributed by atoms with Crippen LogP contribution in [-0.2, 0) is 99.5 Å². The molecule has 0 saturated carbocycles. The molecule has 0 aromatic carbocycles. The van der Waals surface area contributed by atoms with Gasteiger partial charge in [0, 0.05) is 99.5 Å². The molecule has 0 unspecified atom stereocenters. The fourth-order valence-corrected chi connectivity index (χ4v) is 0. The van der Waals surface area contributed by atoms with Crippen LogP contribution in [0.5, 0.6) is 0 Å². The van der Waals surface area contributed by atoms with Crippen molar-refractivity contribution < 1.29 is 99.5 Å². The monoisotopic (exact) mass is 345 g/mol. The average Bonchev–Trinajstić information content (AvgIpc) is 0. The van der Waals surface area contributed by atoms with E-state index in [1.165, 1.54) is 0 Å². The molecule has 0 rings (SSSR count). The summed E-state index contributed by atoms with van der Waals surface area (Å²) in [5.41, 5.74) is 0. The SMILES string of the molecule is [Mn].[Ni].[Ni].[Ni].[Ni].[Ni]. The molecule has 0 fully saturated rings. The Kier molecular flexibility index (Phi) is 468. The van der Waals surface area contributed by atoms with Gasteiger partial charge in [-0.05, 0) is 0 Å². The Bertz CT molecular complexity index is 3.90. The van der Waals surface area contributed by atoms with Crippen molar-refractivity contribution in [3.05, 3.63) is 0 Å². The van der Waals surface area contributed by atoms with Crippen LogP contribution in [-0.4, -0.2) is 0 Å². The first-order valence-electron chi connectivity index (χ1n) is 0. The Hall–Kier alpha value is 2.99. The van der Waals surface area contributed by atoms with E-state index in [2.05, 4.69) is 0 Å². The number of hydrogen-bond acceptors (Lipinski definition) is 0. The minimum Gasteiger partial charge on any atom is 0 e. The smallest absolute Gasteiger partial charge is 0 e. The topological polar surface area (TPSA) is 0 Å². The van der Waals surface area contributed by atoms with Gasteiger partial charge in [0.2, 0.25) is 0 Å². The van der Waals surface area contributed by atoms with Crippen LogP contribution >= 0.6 is 0 Å². The summed E-state index contributed by atoms with van der Waals surface area (Å²) < 4.78 is 0. The van der Waals surface area contributed by atoms with Gasteiger partial charge in [0.05, 0.1) is 0 Å². The summed E-state index contributed by atoms with van der Waals surface area (Å²) in [6.45, 7) is 0. The predicted octanol–water partition coefficient (Wildman–Crippen LogP) is -0.0150. The molecule has 0 atom stereocenters. The third-order valence-corrected chi connectivity index (χ3v) is 0. The van der Waals surface area contributed by atoms with E-state index in [0.29, 0.717) is 0 Å². The summed E-state index contributed by atoms with van der Waals surface area (Å²) in [6.07, 6.45) is 0. The first-order chi connectivity index (χ1) is 0. The second kappa shape index (κ2) is 43.7. The molecule has 0 saturated heterocycles. The van der Waals surface area contributed by atoms with E-state index in [-0.39, 0.29) is 99.5 Å². The third kappa shape index (κ3) is 28.1. The Morgan fingerprint density at radius 3 is 0.333 bits per heavy atom. The van der Waals surface area contributed by atoms with Crippen molar-refractivity contribution in [3.63, 3.8) is 0 Å². The Labute approximate surface area is 98.2 Å². The van der Waals surface area contributed by atoms with Crippen molar-refractivity contribution in [2.75, 3.05) is 0 Å². The van der Waals surface area contributed by atoms with Gasteiger partial charge in [-0.25, -0.2) is 0 Å². The van der Waals surface area contributed by atoms with Crippen LogP contribution in [0.2, 0.25) is 0 Å². The summed E-state index contributed by atoms with van der Waals surface area (Å²) >= 11 is 0. The van der Waals surface area contributed by atoms with Crippen molar-refractivity contribution in [2.45, 2.75) is 0 Å². The van der Waals surface area contributed by atoms with E-state index in [1.807, 2.05) is 0 Å². The van der Waals surface area contributed by atoms with Gasteiger partial charge in [-0.3, -0.25) is 0 Å². The molecule has 0 bridgehead atoms. The zero-order valence-electron chi connectivity index (χ0n) is 1.96. The quantitative estimate of drug-likeness (QED) is 0.540. The van der Waals surface area contributed by atoms with Gasteiger partial charge in [0.25, 0.3) is 0 Å². The fourth-order valence-electron chi connectivity index (χ4n) is 0. The largest absolute Gasteiger partial charge is 0 e. The zero-order chi connectivity index (χ0) is 0. The van der Waals surface area contributed by atoms with Crippen molar-refractivity contribution in [1.29, 1.82) is 0 Å². The van der Waals surface area contributed by atoms with Gasteiger partial charge < -0.3 is 0 Å². The Balaban J connectivity index is 0. The maximum absolute atomic E-state index is 0.